The van der Waals surface area contributed by atoms with Crippen LogP contribution in [0.5, 0.6) is 0 Å². The van der Waals surface area contributed by atoms with E-state index in [1.807, 2.05) is 0 Å². The first-order valence-corrected chi connectivity index (χ1v) is 12.2. The fraction of sp³-hybridized carbons (Fsp3) is 0.348. The fourth-order valence-electron chi connectivity index (χ4n) is 3.77. The SMILES string of the molecule is O=C(OCCCN1C(=O)c2ccccc2C1=O)c1ccc(S(=O)(=O)NCC2CCCO2)cc1. The van der Waals surface area contributed by atoms with Gasteiger partial charge in [0.1, 0.15) is 0 Å². The number of esters is 1. The summed E-state index contributed by atoms with van der Waals surface area (Å²) in [5.74, 6) is -1.33. The number of imide groups is 1. The quantitative estimate of drug-likeness (QED) is 0.337. The van der Waals surface area contributed by atoms with Crippen LogP contribution in [0.15, 0.2) is 53.4 Å². The molecule has 1 fully saturated rings. The summed E-state index contributed by atoms with van der Waals surface area (Å²) in [5.41, 5.74) is 0.952. The first kappa shape index (κ1) is 23.1. The molecule has 0 spiro atoms. The Morgan fingerprint density at radius 3 is 2.33 bits per heavy atom. The Labute approximate surface area is 191 Å². The van der Waals surface area contributed by atoms with Crippen molar-refractivity contribution >= 4 is 27.8 Å². The molecule has 2 aliphatic heterocycles. The van der Waals surface area contributed by atoms with Crippen molar-refractivity contribution in [1.29, 1.82) is 0 Å². The molecule has 2 aromatic rings. The highest BCUT2D eigenvalue weighted by Gasteiger charge is 2.34. The van der Waals surface area contributed by atoms with E-state index in [0.29, 0.717) is 17.7 Å². The number of nitrogens with one attached hydrogen (secondary N) is 1. The van der Waals surface area contributed by atoms with Gasteiger partial charge in [0.05, 0.1) is 34.3 Å². The first-order chi connectivity index (χ1) is 15.9. The second-order valence-electron chi connectivity index (χ2n) is 7.81. The molecule has 1 saturated heterocycles. The monoisotopic (exact) mass is 472 g/mol. The van der Waals surface area contributed by atoms with Crippen molar-refractivity contribution in [2.24, 2.45) is 0 Å². The molecule has 10 heteroatoms. The predicted octanol–water partition coefficient (Wildman–Crippen LogP) is 1.99. The summed E-state index contributed by atoms with van der Waals surface area (Å²) >= 11 is 0. The highest BCUT2D eigenvalue weighted by Crippen LogP contribution is 2.22. The van der Waals surface area contributed by atoms with Crippen LogP contribution in [-0.4, -0.2) is 63.5 Å². The second-order valence-corrected chi connectivity index (χ2v) is 9.58. The molecule has 2 heterocycles. The largest absolute Gasteiger partial charge is 0.462 e. The van der Waals surface area contributed by atoms with Gasteiger partial charge in [-0.2, -0.15) is 0 Å². The van der Waals surface area contributed by atoms with Crippen LogP contribution in [0.3, 0.4) is 0 Å². The Morgan fingerprint density at radius 2 is 1.73 bits per heavy atom. The number of fused-ring (bicyclic) bond motifs is 1. The van der Waals surface area contributed by atoms with E-state index in [1.165, 1.54) is 24.3 Å². The van der Waals surface area contributed by atoms with Crippen molar-refractivity contribution in [3.8, 4) is 0 Å². The minimum atomic E-state index is -3.71. The highest BCUT2D eigenvalue weighted by molar-refractivity contribution is 7.89. The summed E-state index contributed by atoms with van der Waals surface area (Å²) in [7, 11) is -3.71. The number of hydrogen-bond donors (Lipinski definition) is 1. The van der Waals surface area contributed by atoms with Gasteiger partial charge in [-0.25, -0.2) is 17.9 Å². The van der Waals surface area contributed by atoms with Gasteiger partial charge in [0.15, 0.2) is 0 Å². The Balaban J connectivity index is 1.24. The number of nitrogens with zero attached hydrogens (tertiary/aromatic N) is 1. The summed E-state index contributed by atoms with van der Waals surface area (Å²) < 4.78 is 37.9. The van der Waals surface area contributed by atoms with E-state index in [4.69, 9.17) is 9.47 Å². The zero-order chi connectivity index (χ0) is 23.4. The number of benzene rings is 2. The zero-order valence-electron chi connectivity index (χ0n) is 17.9. The minimum absolute atomic E-state index is 0.00916. The maximum atomic E-state index is 12.4. The number of ether oxygens (including phenoxy) is 2. The van der Waals surface area contributed by atoms with Gasteiger partial charge in [-0.05, 0) is 55.7 Å². The maximum absolute atomic E-state index is 12.4. The van der Waals surface area contributed by atoms with Gasteiger partial charge < -0.3 is 9.47 Å². The summed E-state index contributed by atoms with van der Waals surface area (Å²) in [4.78, 5) is 38.1. The van der Waals surface area contributed by atoms with Crippen molar-refractivity contribution < 1.29 is 32.3 Å². The average Bonchev–Trinajstić information content (AvgIpc) is 3.43. The van der Waals surface area contributed by atoms with Crippen LogP contribution in [0.4, 0.5) is 0 Å². The van der Waals surface area contributed by atoms with E-state index in [0.717, 1.165) is 17.7 Å². The zero-order valence-corrected chi connectivity index (χ0v) is 18.7. The lowest BCUT2D eigenvalue weighted by Crippen LogP contribution is -2.31. The molecule has 0 bridgehead atoms. The predicted molar refractivity (Wildman–Crippen MR) is 117 cm³/mol. The lowest BCUT2D eigenvalue weighted by Gasteiger charge is -2.13. The van der Waals surface area contributed by atoms with Crippen molar-refractivity contribution in [2.75, 3.05) is 26.3 Å². The molecule has 4 rings (SSSR count). The van der Waals surface area contributed by atoms with Gasteiger partial charge in [-0.15, -0.1) is 0 Å². The lowest BCUT2D eigenvalue weighted by molar-refractivity contribution is 0.0482. The molecule has 2 aliphatic rings. The van der Waals surface area contributed by atoms with Crippen LogP contribution in [0, 0.1) is 0 Å². The van der Waals surface area contributed by atoms with E-state index >= 15 is 0 Å². The molecule has 9 nitrogen and oxygen atoms in total. The van der Waals surface area contributed by atoms with Gasteiger partial charge in [-0.1, -0.05) is 12.1 Å². The number of hydrogen-bond acceptors (Lipinski definition) is 7. The normalized spacial score (nSPS) is 17.9. The van der Waals surface area contributed by atoms with Crippen LogP contribution >= 0.6 is 0 Å². The number of sulfonamides is 1. The minimum Gasteiger partial charge on any atom is -0.462 e. The van der Waals surface area contributed by atoms with E-state index in [9.17, 15) is 22.8 Å². The van der Waals surface area contributed by atoms with Crippen molar-refractivity contribution in [3.63, 3.8) is 0 Å². The highest BCUT2D eigenvalue weighted by atomic mass is 32.2. The summed E-state index contributed by atoms with van der Waals surface area (Å²) in [6.07, 6.45) is 1.91. The molecule has 33 heavy (non-hydrogen) atoms. The van der Waals surface area contributed by atoms with Gasteiger partial charge >= 0.3 is 5.97 Å². The summed E-state index contributed by atoms with van der Waals surface area (Å²) in [6, 6.07) is 12.1. The molecule has 1 unspecified atom stereocenters. The molecule has 0 radical (unpaired) electrons. The maximum Gasteiger partial charge on any atom is 0.338 e. The Bertz CT molecular complexity index is 1120. The molecule has 2 aromatic carbocycles. The molecule has 0 aromatic heterocycles. The molecule has 0 aliphatic carbocycles. The smallest absolute Gasteiger partial charge is 0.338 e. The van der Waals surface area contributed by atoms with E-state index in [-0.39, 0.29) is 54.5 Å². The van der Waals surface area contributed by atoms with E-state index < -0.39 is 16.0 Å². The van der Waals surface area contributed by atoms with Crippen LogP contribution in [0.25, 0.3) is 0 Å². The number of rotatable bonds is 9. The topological polar surface area (TPSA) is 119 Å². The third-order valence-corrected chi connectivity index (χ3v) is 7.00. The number of amides is 2. The van der Waals surface area contributed by atoms with Crippen LogP contribution in [0.2, 0.25) is 0 Å². The van der Waals surface area contributed by atoms with Crippen LogP contribution in [-0.2, 0) is 19.5 Å². The van der Waals surface area contributed by atoms with Crippen molar-refractivity contribution in [2.45, 2.75) is 30.3 Å². The standard InChI is InChI=1S/C23H24N2O7S/c26-21-19-6-1-2-7-20(19)22(27)25(21)12-4-14-32-23(28)16-8-10-18(11-9-16)33(29,30)24-15-17-5-3-13-31-17/h1-2,6-11,17,24H,3-5,12-15H2. The first-order valence-electron chi connectivity index (χ1n) is 10.7. The number of carbonyl (C=O) groups excluding carboxylic acids is 3. The van der Waals surface area contributed by atoms with Crippen LogP contribution in [0.1, 0.15) is 50.3 Å². The molecule has 2 amide bonds. The van der Waals surface area contributed by atoms with Gasteiger partial charge in [0.2, 0.25) is 10.0 Å². The van der Waals surface area contributed by atoms with E-state index in [1.54, 1.807) is 24.3 Å². The summed E-state index contributed by atoms with van der Waals surface area (Å²) in [6.45, 7) is 0.989. The summed E-state index contributed by atoms with van der Waals surface area (Å²) in [5, 5.41) is 0. The molecule has 1 N–H and O–H groups in total. The molecular formula is C23H24N2O7S. The third-order valence-electron chi connectivity index (χ3n) is 5.56. The lowest BCUT2D eigenvalue weighted by atomic mass is 10.1. The molecule has 174 valence electrons. The Morgan fingerprint density at radius 1 is 1.06 bits per heavy atom. The third kappa shape index (κ3) is 5.13. The van der Waals surface area contributed by atoms with Gasteiger partial charge in [-0.3, -0.25) is 14.5 Å². The van der Waals surface area contributed by atoms with Crippen LogP contribution < -0.4 is 4.72 Å². The Hall–Kier alpha value is -3.08. The average molecular weight is 473 g/mol. The van der Waals surface area contributed by atoms with Gasteiger partial charge in [0, 0.05) is 19.7 Å². The second kappa shape index (κ2) is 9.82. The fourth-order valence-corrected chi connectivity index (χ4v) is 4.84. The van der Waals surface area contributed by atoms with Crippen molar-refractivity contribution in [1.82, 2.24) is 9.62 Å². The van der Waals surface area contributed by atoms with E-state index in [2.05, 4.69) is 4.72 Å². The number of carbonyl (C=O) groups is 3. The van der Waals surface area contributed by atoms with Gasteiger partial charge in [0.25, 0.3) is 11.8 Å². The molecule has 0 saturated carbocycles. The molecule has 1 atom stereocenters. The van der Waals surface area contributed by atoms with Crippen molar-refractivity contribution in [3.05, 3.63) is 65.2 Å². The molecular weight excluding hydrogens is 448 g/mol. The Kier molecular flexibility index (Phi) is 6.87.